The normalized spacial score (nSPS) is 17.5. The minimum atomic E-state index is -0.917. The minimum absolute atomic E-state index is 0.00940. The van der Waals surface area contributed by atoms with E-state index in [1.165, 1.54) is 0 Å². The van der Waals surface area contributed by atoms with E-state index < -0.39 is 5.97 Å². The molecule has 3 heterocycles. The second-order valence-electron chi connectivity index (χ2n) is 9.54. The number of methoxy groups -OCH3 is 2. The Hall–Kier alpha value is -3.72. The highest BCUT2D eigenvalue weighted by molar-refractivity contribution is 5.84. The summed E-state index contributed by atoms with van der Waals surface area (Å²) in [7, 11) is 3.22. The molecule has 2 N–H and O–H groups in total. The van der Waals surface area contributed by atoms with Crippen molar-refractivity contribution in [3.8, 4) is 11.5 Å². The Balaban J connectivity index is 1.50. The van der Waals surface area contributed by atoms with Gasteiger partial charge < -0.3 is 34.1 Å². The lowest BCUT2D eigenvalue weighted by Gasteiger charge is -2.41. The number of morpholine rings is 1. The summed E-state index contributed by atoms with van der Waals surface area (Å²) in [6.45, 7) is 2.82. The molecule has 37 heavy (non-hydrogen) atoms. The molecule has 1 atom stereocenters. The maximum Gasteiger partial charge on any atom is 0.320 e. The zero-order chi connectivity index (χ0) is 25.9. The Labute approximate surface area is 215 Å². The van der Waals surface area contributed by atoms with Crippen LogP contribution < -0.4 is 9.47 Å². The number of aliphatic carboxylic acids is 1. The lowest BCUT2D eigenvalue weighted by atomic mass is 9.87. The fraction of sp³-hybridized carbons (Fsp3) is 0.429. The Kier molecular flexibility index (Phi) is 7.23. The highest BCUT2D eigenvalue weighted by Crippen LogP contribution is 2.38. The fourth-order valence-electron chi connectivity index (χ4n) is 5.53. The number of nitrogens with zero attached hydrogens (tertiary/aromatic N) is 2. The minimum Gasteiger partial charge on any atom is -0.497 e. The largest absolute Gasteiger partial charge is 0.497 e. The molecule has 1 unspecified atom stereocenters. The van der Waals surface area contributed by atoms with Gasteiger partial charge in [0.25, 0.3) is 0 Å². The van der Waals surface area contributed by atoms with Crippen LogP contribution in [0.25, 0.3) is 10.9 Å². The summed E-state index contributed by atoms with van der Waals surface area (Å²) in [5.74, 6) is 0.460. The summed E-state index contributed by atoms with van der Waals surface area (Å²) in [4.78, 5) is 32.4. The van der Waals surface area contributed by atoms with E-state index in [0.717, 1.165) is 39.8 Å². The van der Waals surface area contributed by atoms with Crippen molar-refractivity contribution in [2.45, 2.75) is 31.7 Å². The van der Waals surface area contributed by atoms with Crippen molar-refractivity contribution in [2.75, 3.05) is 47.1 Å². The number of ether oxygens (including phenoxy) is 3. The summed E-state index contributed by atoms with van der Waals surface area (Å²) in [6.07, 6.45) is 4.02. The highest BCUT2D eigenvalue weighted by Gasteiger charge is 2.34. The van der Waals surface area contributed by atoms with Gasteiger partial charge in [-0.15, -0.1) is 0 Å². The van der Waals surface area contributed by atoms with E-state index >= 15 is 0 Å². The molecule has 196 valence electrons. The van der Waals surface area contributed by atoms with Crippen LogP contribution in [0.5, 0.6) is 11.5 Å². The number of urea groups is 1. The van der Waals surface area contributed by atoms with Crippen LogP contribution in [-0.4, -0.2) is 79.0 Å². The topological polar surface area (TPSA) is 104 Å². The van der Waals surface area contributed by atoms with E-state index in [4.69, 9.17) is 14.2 Å². The molecule has 2 aliphatic rings. The second kappa shape index (κ2) is 10.7. The fourth-order valence-corrected chi connectivity index (χ4v) is 5.53. The summed E-state index contributed by atoms with van der Waals surface area (Å²) in [5, 5.41) is 10.6. The molecule has 0 radical (unpaired) electrons. The van der Waals surface area contributed by atoms with Gasteiger partial charge in [-0.1, -0.05) is 0 Å². The number of aryl methyl sites for hydroxylation is 1. The molecule has 2 aliphatic heterocycles. The van der Waals surface area contributed by atoms with E-state index in [9.17, 15) is 14.7 Å². The molecule has 9 heteroatoms. The number of carbonyl (C=O) groups is 2. The molecule has 5 rings (SSSR count). The first kappa shape index (κ1) is 25.0. The van der Waals surface area contributed by atoms with Gasteiger partial charge >= 0.3 is 12.0 Å². The van der Waals surface area contributed by atoms with Gasteiger partial charge in [0.15, 0.2) is 0 Å². The quantitative estimate of drug-likeness (QED) is 0.504. The third kappa shape index (κ3) is 5.09. The Bertz CT molecular complexity index is 1300. The van der Waals surface area contributed by atoms with Gasteiger partial charge in [0.1, 0.15) is 11.5 Å². The molecule has 0 spiro atoms. The van der Waals surface area contributed by atoms with Crippen molar-refractivity contribution < 1.29 is 28.9 Å². The van der Waals surface area contributed by atoms with E-state index in [-0.39, 0.29) is 18.5 Å². The van der Waals surface area contributed by atoms with Gasteiger partial charge in [0.05, 0.1) is 39.9 Å². The molecular formula is C28H33N3O6. The first-order valence-corrected chi connectivity index (χ1v) is 12.7. The molecule has 2 amide bonds. The van der Waals surface area contributed by atoms with Crippen LogP contribution in [0.3, 0.4) is 0 Å². The predicted molar refractivity (Wildman–Crippen MR) is 138 cm³/mol. The summed E-state index contributed by atoms with van der Waals surface area (Å²) < 4.78 is 16.4. The average molecular weight is 508 g/mol. The van der Waals surface area contributed by atoms with E-state index in [1.54, 1.807) is 14.2 Å². The van der Waals surface area contributed by atoms with Gasteiger partial charge in [0.2, 0.25) is 0 Å². The van der Waals surface area contributed by atoms with Gasteiger partial charge in [-0.2, -0.15) is 0 Å². The highest BCUT2D eigenvalue weighted by atomic mass is 16.5. The van der Waals surface area contributed by atoms with Gasteiger partial charge in [0, 0.05) is 42.3 Å². The zero-order valence-electron chi connectivity index (χ0n) is 21.3. The molecule has 1 fully saturated rings. The van der Waals surface area contributed by atoms with Crippen LogP contribution >= 0.6 is 0 Å². The number of carboxylic acids is 1. The Morgan fingerprint density at radius 3 is 2.62 bits per heavy atom. The van der Waals surface area contributed by atoms with Crippen LogP contribution in [0.4, 0.5) is 4.79 Å². The number of hydrogen-bond donors (Lipinski definition) is 2. The molecule has 9 nitrogen and oxygen atoms in total. The number of benzene rings is 2. The number of H-pyrrole nitrogens is 1. The van der Waals surface area contributed by atoms with Crippen molar-refractivity contribution in [3.05, 3.63) is 58.8 Å². The third-order valence-corrected chi connectivity index (χ3v) is 7.43. The molecule has 3 aromatic rings. The van der Waals surface area contributed by atoms with Crippen molar-refractivity contribution in [1.29, 1.82) is 0 Å². The first-order chi connectivity index (χ1) is 18.0. The number of carboxylic acid groups (broad SMARTS) is 1. The SMILES string of the molecule is COc1ccc2[nH]cc(CCC3c4cc(CC(=O)O)c(OC)cc4CCN3C(=O)N3CCOCC3)c2c1. The Morgan fingerprint density at radius 2 is 1.89 bits per heavy atom. The van der Waals surface area contributed by atoms with E-state index in [2.05, 4.69) is 4.98 Å². The van der Waals surface area contributed by atoms with Crippen LogP contribution in [0.1, 0.15) is 34.7 Å². The number of aromatic nitrogens is 1. The zero-order valence-corrected chi connectivity index (χ0v) is 21.3. The van der Waals surface area contributed by atoms with Crippen molar-refractivity contribution in [2.24, 2.45) is 0 Å². The Morgan fingerprint density at radius 1 is 1.08 bits per heavy atom. The second-order valence-corrected chi connectivity index (χ2v) is 9.54. The molecule has 0 aliphatic carbocycles. The molecule has 1 saturated heterocycles. The van der Waals surface area contributed by atoms with Crippen molar-refractivity contribution in [3.63, 3.8) is 0 Å². The maximum atomic E-state index is 13.7. The standard InChI is InChI=1S/C28H33N3O6/c1-35-21-4-5-24-22(16-21)19(17-29-24)3-6-25-23-13-20(15-27(32)33)26(36-2)14-18(23)7-8-31(25)28(34)30-9-11-37-12-10-30/h4-5,13-14,16-17,25,29H,3,6-12,15H2,1-2H3,(H,32,33). The number of carbonyl (C=O) groups excluding carboxylic acids is 1. The first-order valence-electron chi connectivity index (χ1n) is 12.7. The van der Waals surface area contributed by atoms with Crippen LogP contribution in [0, 0.1) is 0 Å². The molecule has 1 aromatic heterocycles. The summed E-state index contributed by atoms with van der Waals surface area (Å²) >= 11 is 0. The number of fused-ring (bicyclic) bond motifs is 2. The predicted octanol–water partition coefficient (Wildman–Crippen LogP) is 3.80. The average Bonchev–Trinajstić information content (AvgIpc) is 3.33. The monoisotopic (exact) mass is 507 g/mol. The molecule has 0 bridgehead atoms. The summed E-state index contributed by atoms with van der Waals surface area (Å²) in [5.41, 5.74) is 4.91. The number of amides is 2. The third-order valence-electron chi connectivity index (χ3n) is 7.43. The molecular weight excluding hydrogens is 474 g/mol. The van der Waals surface area contributed by atoms with E-state index in [1.807, 2.05) is 46.3 Å². The smallest absolute Gasteiger partial charge is 0.320 e. The number of rotatable bonds is 7. The number of hydrogen-bond acceptors (Lipinski definition) is 5. The van der Waals surface area contributed by atoms with Crippen LogP contribution in [0.2, 0.25) is 0 Å². The van der Waals surface area contributed by atoms with Crippen molar-refractivity contribution in [1.82, 2.24) is 14.8 Å². The van der Waals surface area contributed by atoms with Gasteiger partial charge in [-0.3, -0.25) is 4.79 Å². The molecule has 0 saturated carbocycles. The maximum absolute atomic E-state index is 13.7. The van der Waals surface area contributed by atoms with Gasteiger partial charge in [-0.05, 0) is 66.3 Å². The lowest BCUT2D eigenvalue weighted by molar-refractivity contribution is -0.136. The number of nitrogens with one attached hydrogen (secondary N) is 1. The van der Waals surface area contributed by atoms with Crippen LogP contribution in [0.15, 0.2) is 36.5 Å². The van der Waals surface area contributed by atoms with Crippen LogP contribution in [-0.2, 0) is 28.8 Å². The molecule has 2 aromatic carbocycles. The number of aromatic amines is 1. The lowest BCUT2D eigenvalue weighted by Crippen LogP contribution is -2.51. The van der Waals surface area contributed by atoms with Crippen molar-refractivity contribution >= 4 is 22.9 Å². The van der Waals surface area contributed by atoms with Gasteiger partial charge in [-0.25, -0.2) is 4.79 Å². The van der Waals surface area contributed by atoms with E-state index in [0.29, 0.717) is 57.0 Å². The summed E-state index contributed by atoms with van der Waals surface area (Å²) in [6, 6.07) is 9.68.